The lowest BCUT2D eigenvalue weighted by atomic mass is 9.83. The summed E-state index contributed by atoms with van der Waals surface area (Å²) in [5.41, 5.74) is 10.2. The molecule has 0 radical (unpaired) electrons. The second-order valence-corrected chi connectivity index (χ2v) is 4.99. The lowest BCUT2D eigenvalue weighted by Gasteiger charge is -2.25. The smallest absolute Gasteiger partial charge is 0.0458 e. The normalized spacial score (nSPS) is 22.0. The SMILES string of the molecule is CC(N)C1CCc2c([nH]c3ccccc23)C1. The van der Waals surface area contributed by atoms with Crippen LogP contribution >= 0.6 is 0 Å². The molecule has 16 heavy (non-hydrogen) atoms. The standard InChI is InChI=1S/C14H18N2/c1-9(15)10-6-7-12-11-4-2-3-5-13(11)16-14(12)8-10/h2-5,9-10,16H,6-8,15H2,1H3. The van der Waals surface area contributed by atoms with Crippen molar-refractivity contribution < 1.29 is 0 Å². The lowest BCUT2D eigenvalue weighted by molar-refractivity contribution is 0.391. The third-order valence-electron chi connectivity index (χ3n) is 3.88. The van der Waals surface area contributed by atoms with Crippen molar-refractivity contribution >= 4 is 10.9 Å². The summed E-state index contributed by atoms with van der Waals surface area (Å²) < 4.78 is 0. The Morgan fingerprint density at radius 1 is 1.38 bits per heavy atom. The summed E-state index contributed by atoms with van der Waals surface area (Å²) in [5.74, 6) is 0.639. The van der Waals surface area contributed by atoms with Gasteiger partial charge in [0.2, 0.25) is 0 Å². The van der Waals surface area contributed by atoms with Gasteiger partial charge in [-0.2, -0.15) is 0 Å². The molecule has 1 aromatic heterocycles. The predicted molar refractivity (Wildman–Crippen MR) is 67.5 cm³/mol. The molecule has 1 aliphatic carbocycles. The molecule has 0 saturated heterocycles. The number of para-hydroxylation sites is 1. The van der Waals surface area contributed by atoms with Gasteiger partial charge in [0.25, 0.3) is 0 Å². The number of aryl methyl sites for hydroxylation is 1. The van der Waals surface area contributed by atoms with E-state index in [-0.39, 0.29) is 0 Å². The van der Waals surface area contributed by atoms with Crippen LogP contribution in [0.2, 0.25) is 0 Å². The summed E-state index contributed by atoms with van der Waals surface area (Å²) in [6.45, 7) is 2.12. The number of aromatic nitrogens is 1. The van der Waals surface area contributed by atoms with Crippen molar-refractivity contribution in [3.63, 3.8) is 0 Å². The molecule has 0 amide bonds. The number of benzene rings is 1. The highest BCUT2D eigenvalue weighted by atomic mass is 14.7. The largest absolute Gasteiger partial charge is 0.358 e. The van der Waals surface area contributed by atoms with Crippen LogP contribution in [0.1, 0.15) is 24.6 Å². The molecule has 3 rings (SSSR count). The first-order valence-electron chi connectivity index (χ1n) is 6.09. The highest BCUT2D eigenvalue weighted by Gasteiger charge is 2.24. The zero-order valence-corrected chi connectivity index (χ0v) is 9.66. The van der Waals surface area contributed by atoms with Gasteiger partial charge in [-0.25, -0.2) is 0 Å². The van der Waals surface area contributed by atoms with Gasteiger partial charge in [-0.05, 0) is 43.7 Å². The maximum atomic E-state index is 6.00. The summed E-state index contributed by atoms with van der Waals surface area (Å²) in [7, 11) is 0. The number of fused-ring (bicyclic) bond motifs is 3. The average Bonchev–Trinajstić information content (AvgIpc) is 2.66. The molecule has 2 unspecified atom stereocenters. The van der Waals surface area contributed by atoms with Crippen molar-refractivity contribution in [1.29, 1.82) is 0 Å². The highest BCUT2D eigenvalue weighted by molar-refractivity contribution is 5.84. The maximum Gasteiger partial charge on any atom is 0.0458 e. The molecule has 2 atom stereocenters. The molecule has 84 valence electrons. The van der Waals surface area contributed by atoms with Gasteiger partial charge in [0.15, 0.2) is 0 Å². The summed E-state index contributed by atoms with van der Waals surface area (Å²) in [4.78, 5) is 3.55. The van der Waals surface area contributed by atoms with E-state index in [4.69, 9.17) is 5.73 Å². The van der Waals surface area contributed by atoms with Crippen LogP contribution in [0.5, 0.6) is 0 Å². The topological polar surface area (TPSA) is 41.8 Å². The first kappa shape index (κ1) is 9.91. The Hall–Kier alpha value is -1.28. The Labute approximate surface area is 95.8 Å². The summed E-state index contributed by atoms with van der Waals surface area (Å²) in [5, 5.41) is 1.40. The molecule has 1 heterocycles. The summed E-state index contributed by atoms with van der Waals surface area (Å²) in [6.07, 6.45) is 3.51. The first-order chi connectivity index (χ1) is 7.75. The quantitative estimate of drug-likeness (QED) is 0.753. The molecular weight excluding hydrogens is 196 g/mol. The Balaban J connectivity index is 2.06. The van der Waals surface area contributed by atoms with Crippen molar-refractivity contribution in [1.82, 2.24) is 4.98 Å². The Morgan fingerprint density at radius 2 is 2.19 bits per heavy atom. The van der Waals surface area contributed by atoms with Crippen LogP contribution in [-0.2, 0) is 12.8 Å². The fraction of sp³-hybridized carbons (Fsp3) is 0.429. The number of aromatic amines is 1. The molecular formula is C14H18N2. The van der Waals surface area contributed by atoms with Gasteiger partial charge in [0.1, 0.15) is 0 Å². The fourth-order valence-electron chi connectivity index (χ4n) is 2.86. The molecule has 2 aromatic rings. The van der Waals surface area contributed by atoms with Gasteiger partial charge >= 0.3 is 0 Å². The van der Waals surface area contributed by atoms with E-state index in [1.165, 1.54) is 35.0 Å². The number of rotatable bonds is 1. The van der Waals surface area contributed by atoms with E-state index in [1.807, 2.05) is 0 Å². The molecule has 2 nitrogen and oxygen atoms in total. The minimum atomic E-state index is 0.305. The maximum absolute atomic E-state index is 6.00. The van der Waals surface area contributed by atoms with Gasteiger partial charge in [-0.15, -0.1) is 0 Å². The Morgan fingerprint density at radius 3 is 3.00 bits per heavy atom. The van der Waals surface area contributed by atoms with Crippen molar-refractivity contribution in [2.45, 2.75) is 32.2 Å². The van der Waals surface area contributed by atoms with Crippen LogP contribution in [0.4, 0.5) is 0 Å². The van der Waals surface area contributed by atoms with E-state index in [1.54, 1.807) is 0 Å². The van der Waals surface area contributed by atoms with Crippen molar-refractivity contribution in [2.24, 2.45) is 11.7 Å². The molecule has 0 spiro atoms. The lowest BCUT2D eigenvalue weighted by Crippen LogP contribution is -2.31. The summed E-state index contributed by atoms with van der Waals surface area (Å²) in [6, 6.07) is 8.90. The van der Waals surface area contributed by atoms with Crippen molar-refractivity contribution in [3.8, 4) is 0 Å². The number of hydrogen-bond donors (Lipinski definition) is 2. The fourth-order valence-corrected chi connectivity index (χ4v) is 2.86. The third-order valence-corrected chi connectivity index (χ3v) is 3.88. The molecule has 1 aliphatic rings. The van der Waals surface area contributed by atoms with Crippen molar-refractivity contribution in [3.05, 3.63) is 35.5 Å². The predicted octanol–water partition coefficient (Wildman–Crippen LogP) is 2.62. The van der Waals surface area contributed by atoms with Gasteiger partial charge in [-0.1, -0.05) is 18.2 Å². The van der Waals surface area contributed by atoms with Crippen LogP contribution < -0.4 is 5.73 Å². The molecule has 0 saturated carbocycles. The molecule has 0 aliphatic heterocycles. The van der Waals surface area contributed by atoms with E-state index in [2.05, 4.69) is 36.2 Å². The number of nitrogens with two attached hydrogens (primary N) is 1. The molecule has 0 bridgehead atoms. The van der Waals surface area contributed by atoms with Crippen LogP contribution in [0.25, 0.3) is 10.9 Å². The van der Waals surface area contributed by atoms with Crippen molar-refractivity contribution in [2.75, 3.05) is 0 Å². The average molecular weight is 214 g/mol. The van der Waals surface area contributed by atoms with E-state index >= 15 is 0 Å². The third kappa shape index (κ3) is 1.45. The number of hydrogen-bond acceptors (Lipinski definition) is 1. The number of nitrogens with one attached hydrogen (secondary N) is 1. The Kier molecular flexibility index (Phi) is 2.25. The van der Waals surface area contributed by atoms with Gasteiger partial charge in [0, 0.05) is 22.6 Å². The van der Waals surface area contributed by atoms with Gasteiger partial charge in [-0.3, -0.25) is 0 Å². The van der Waals surface area contributed by atoms with Crippen LogP contribution in [0.15, 0.2) is 24.3 Å². The molecule has 1 aromatic carbocycles. The Bertz CT molecular complexity index is 510. The van der Waals surface area contributed by atoms with E-state index in [9.17, 15) is 0 Å². The van der Waals surface area contributed by atoms with E-state index in [0.717, 1.165) is 6.42 Å². The van der Waals surface area contributed by atoms with Crippen LogP contribution in [-0.4, -0.2) is 11.0 Å². The molecule has 3 N–H and O–H groups in total. The monoisotopic (exact) mass is 214 g/mol. The van der Waals surface area contributed by atoms with E-state index < -0.39 is 0 Å². The van der Waals surface area contributed by atoms with Gasteiger partial charge < -0.3 is 10.7 Å². The number of H-pyrrole nitrogens is 1. The van der Waals surface area contributed by atoms with E-state index in [0.29, 0.717) is 12.0 Å². The second kappa shape index (κ2) is 3.63. The minimum Gasteiger partial charge on any atom is -0.358 e. The van der Waals surface area contributed by atoms with Crippen LogP contribution in [0.3, 0.4) is 0 Å². The highest BCUT2D eigenvalue weighted by Crippen LogP contribution is 2.32. The summed E-state index contributed by atoms with van der Waals surface area (Å²) >= 11 is 0. The zero-order chi connectivity index (χ0) is 11.1. The minimum absolute atomic E-state index is 0.305. The van der Waals surface area contributed by atoms with Gasteiger partial charge in [0.05, 0.1) is 0 Å². The molecule has 2 heteroatoms. The van der Waals surface area contributed by atoms with Crippen LogP contribution in [0, 0.1) is 5.92 Å². The zero-order valence-electron chi connectivity index (χ0n) is 9.66. The molecule has 0 fully saturated rings. The second-order valence-electron chi connectivity index (χ2n) is 4.99. The first-order valence-corrected chi connectivity index (χ1v) is 6.09.